The Labute approximate surface area is 849 Å². The fourth-order valence-electron chi connectivity index (χ4n) is 19.5. The molecule has 0 bridgehead atoms. The summed E-state index contributed by atoms with van der Waals surface area (Å²) >= 11 is 0. The average Bonchev–Trinajstić information content (AvgIpc) is 0.754. The second-order valence-electron chi connectivity index (χ2n) is 38.1. The van der Waals surface area contributed by atoms with Crippen molar-refractivity contribution in [1.29, 1.82) is 0 Å². The van der Waals surface area contributed by atoms with Crippen molar-refractivity contribution in [3.05, 3.63) is 0 Å². The van der Waals surface area contributed by atoms with Crippen LogP contribution in [0.1, 0.15) is 48.5 Å². The van der Waals surface area contributed by atoms with Gasteiger partial charge in [0.2, 0.25) is 35.4 Å². The maximum absolute atomic E-state index is 13.7. The van der Waals surface area contributed by atoms with Gasteiger partial charge < -0.3 is 299 Å². The van der Waals surface area contributed by atoms with Gasteiger partial charge in [0.05, 0.1) is 78.8 Å². The van der Waals surface area contributed by atoms with E-state index >= 15 is 0 Å². The summed E-state index contributed by atoms with van der Waals surface area (Å²) in [6.45, 7) is -6.60. The Balaban J connectivity index is 0.993. The number of rotatable bonds is 39. The maximum atomic E-state index is 13.7. The summed E-state index contributed by atoms with van der Waals surface area (Å²) in [4.78, 5) is 79.3. The standard InChI is InChI=1S/C84H140N6O60/c1-19-43(105)56(118)61(123)79(131-19)129-17-35-68(52(114)37(73(127)132-35)85-20(2)99)143-76-40(88-23(5)102)53(115)67(33(15-98)138-76)146-82-64(126)70(148-84-72(59(121)48(110)30(12-95)137-84)150-78-42(90-25(7)104)55(117)66(32(14-97)140-78)145-81-63(125)58(120)47(109)29(11-94)136-81)69(147-75-39(87-22(4)101)51(113)45(107)27(9-92)134-75)36(142-82)18-130-83-71(60(122)49(111)34(141-83)16-128-74-38(86-21(3)100)50(112)44(106)26(8-91)133-74)149-77-41(89-24(6)103)54(116)65(31(13-96)139-77)144-80-62(124)57(119)46(108)28(10-93)135-80/h19,26-84,91-98,105-127H,8-18H2,1-7H3,(H,85,99)(H,86,100)(H,87,101)(H,88,102)(H,89,103)(H,90,104)/t19-,26+,27+,28+,29+,30+,31+,32+,33+,34+,35+,36+,37+,38+,39+,40+,41+,42+,43+,44+,45+,46-,47-,48+,49+,50+,51+,52+,53+,54+,55+,56+,57-,58-,59-,60-,61-,62+,63+,64-,65+,66+,67+,68+,69+,70+,71-,72-,73-,74+,75-,76-,77-,78-,79+,80-,81-,82-,83-,84+/m0/s1. The Morgan fingerprint density at radius 2 is 0.420 bits per heavy atom. The van der Waals surface area contributed by atoms with Crippen molar-refractivity contribution in [1.82, 2.24) is 31.9 Å². The fourth-order valence-corrected chi connectivity index (χ4v) is 19.5. The first-order valence-electron chi connectivity index (χ1n) is 48.0. The van der Waals surface area contributed by atoms with E-state index in [1.54, 1.807) is 0 Å². The van der Waals surface area contributed by atoms with Crippen molar-refractivity contribution in [2.45, 2.75) is 417 Å². The Hall–Kier alpha value is -5.34. The van der Waals surface area contributed by atoms with E-state index in [1.165, 1.54) is 6.92 Å². The molecule has 12 aliphatic rings. The Morgan fingerprint density at radius 1 is 0.187 bits per heavy atom. The number of hydrogen-bond acceptors (Lipinski definition) is 60. The minimum absolute atomic E-state index is 0.863. The lowest BCUT2D eigenvalue weighted by atomic mass is 9.93. The van der Waals surface area contributed by atoms with Crippen LogP contribution in [0.2, 0.25) is 0 Å². The topological polar surface area (TPSA) is 1010 Å². The van der Waals surface area contributed by atoms with Crippen molar-refractivity contribution >= 4 is 35.4 Å². The molecule has 12 heterocycles. The monoisotopic (exact) mass is 2190 g/mol. The van der Waals surface area contributed by atoms with Crippen LogP contribution in [0.4, 0.5) is 0 Å². The van der Waals surface area contributed by atoms with Crippen molar-refractivity contribution in [3.63, 3.8) is 0 Å². The van der Waals surface area contributed by atoms with E-state index in [0.29, 0.717) is 0 Å². The van der Waals surface area contributed by atoms with E-state index in [2.05, 4.69) is 31.9 Å². The van der Waals surface area contributed by atoms with Gasteiger partial charge in [-0.25, -0.2) is 0 Å². The van der Waals surface area contributed by atoms with E-state index in [-0.39, 0.29) is 0 Å². The average molecular weight is 2190 g/mol. The Kier molecular flexibility index (Phi) is 44.4. The summed E-state index contributed by atoms with van der Waals surface area (Å²) in [7, 11) is 0. The van der Waals surface area contributed by atoms with Crippen LogP contribution in [0.5, 0.6) is 0 Å². The summed E-state index contributed by atoms with van der Waals surface area (Å²) < 4.78 is 141. The van der Waals surface area contributed by atoms with Crippen LogP contribution in [-0.4, -0.2) is 635 Å². The van der Waals surface area contributed by atoms with Crippen LogP contribution in [0, 0.1) is 0 Å². The van der Waals surface area contributed by atoms with Gasteiger partial charge in [0.1, 0.15) is 287 Å². The van der Waals surface area contributed by atoms with Crippen molar-refractivity contribution < 1.29 is 296 Å². The molecule has 0 aromatic heterocycles. The summed E-state index contributed by atoms with van der Waals surface area (Å²) in [5.74, 6) is -6.08. The number of carbonyl (C=O) groups is 6. The molecule has 12 aliphatic heterocycles. The zero-order valence-corrected chi connectivity index (χ0v) is 81.1. The predicted molar refractivity (Wildman–Crippen MR) is 463 cm³/mol. The number of carbonyl (C=O) groups excluding carboxylic acids is 6. The molecule has 0 aliphatic carbocycles. The molecule has 12 fully saturated rings. The molecule has 66 nitrogen and oxygen atoms in total. The summed E-state index contributed by atoms with van der Waals surface area (Å²) in [5, 5.41) is 368. The van der Waals surface area contributed by atoms with E-state index < -0.39 is 476 Å². The van der Waals surface area contributed by atoms with Crippen molar-refractivity contribution in [3.8, 4) is 0 Å². The molecule has 0 aromatic rings. The minimum Gasteiger partial charge on any atom is -0.394 e. The number of nitrogens with one attached hydrogen (secondary N) is 6. The van der Waals surface area contributed by atoms with Gasteiger partial charge in [-0.05, 0) is 6.92 Å². The molecule has 6 amide bonds. The van der Waals surface area contributed by atoms with Crippen LogP contribution in [-0.2, 0) is 138 Å². The molecule has 866 valence electrons. The van der Waals surface area contributed by atoms with Crippen LogP contribution in [0.3, 0.4) is 0 Å². The van der Waals surface area contributed by atoms with E-state index in [9.17, 15) is 187 Å². The van der Waals surface area contributed by atoms with Crippen LogP contribution >= 0.6 is 0 Å². The molecule has 66 heteroatoms. The Bertz CT molecular complexity index is 4250. The van der Waals surface area contributed by atoms with Crippen LogP contribution < -0.4 is 31.9 Å². The number of aliphatic hydroxyl groups is 31. The molecule has 12 saturated heterocycles. The molecule has 0 radical (unpaired) electrons. The second kappa shape index (κ2) is 54.0. The molecule has 150 heavy (non-hydrogen) atoms. The molecular weight excluding hydrogens is 2050 g/mol. The summed E-state index contributed by atoms with van der Waals surface area (Å²) in [6.07, 6.45) is -120. The third-order valence-electron chi connectivity index (χ3n) is 27.4. The predicted octanol–water partition coefficient (Wildman–Crippen LogP) is -25.3. The normalized spacial score (nSPS) is 48.8. The lowest BCUT2D eigenvalue weighted by Crippen LogP contribution is -2.72. The lowest BCUT2D eigenvalue weighted by Gasteiger charge is -2.52. The molecule has 0 spiro atoms. The first kappa shape index (κ1) is 123. The number of aliphatic hydroxyl groups excluding tert-OH is 31. The molecule has 60 atom stereocenters. The van der Waals surface area contributed by atoms with Gasteiger partial charge in [-0.3, -0.25) is 28.8 Å². The zero-order valence-electron chi connectivity index (χ0n) is 81.1. The molecular formula is C84H140N6O60. The zero-order chi connectivity index (χ0) is 110. The van der Waals surface area contributed by atoms with Gasteiger partial charge in [-0.2, -0.15) is 0 Å². The summed E-state index contributed by atoms with van der Waals surface area (Å²) in [6, 6.07) is -12.2. The van der Waals surface area contributed by atoms with Crippen LogP contribution in [0.15, 0.2) is 0 Å². The highest BCUT2D eigenvalue weighted by molar-refractivity contribution is 5.75. The second-order valence-corrected chi connectivity index (χ2v) is 38.1. The summed E-state index contributed by atoms with van der Waals surface area (Å²) in [5.41, 5.74) is 0. The van der Waals surface area contributed by atoms with Gasteiger partial charge in [0.25, 0.3) is 0 Å². The molecule has 0 aromatic carbocycles. The third kappa shape index (κ3) is 27.7. The van der Waals surface area contributed by atoms with Gasteiger partial charge >= 0.3 is 0 Å². The molecule has 37 N–H and O–H groups in total. The number of hydrogen-bond donors (Lipinski definition) is 37. The maximum Gasteiger partial charge on any atom is 0.217 e. The highest BCUT2D eigenvalue weighted by Crippen LogP contribution is 2.43. The molecule has 0 saturated carbocycles. The fraction of sp³-hybridized carbons (Fsp3) is 0.929. The Morgan fingerprint density at radius 3 is 0.813 bits per heavy atom. The minimum atomic E-state index is -2.91. The van der Waals surface area contributed by atoms with Gasteiger partial charge in [-0.1, -0.05) is 0 Å². The SMILES string of the molecule is CC(=O)N[C@@H]1[C@@H](O)[C@H](O[C@@H]2O[C@H](CO)[C@@H](O[C@@H]3O[C@H](CO[C@H]4O[C@H](CO[C@@H]5O[C@H](CO)[C@@H](O)[C@H](O)[C@H]5NC(C)=O)[C@@H](O)[C@H](O)[C@@H]4O[C@@H]4O[C@H](CO)[C@@H](O[C@@H]5O[C@H](CO)[C@H](O)[C@H](O)[C@H]5O)[C@H](O)[C@H]4NC(C)=O)[C@@H](O[C@@H]4O[C@H](CO)[C@@H](O)[C@H](O)[C@H]4NC(C)=O)[C@H](O[C@H]4O[C@H](CO)[C@@H](O)[C@H](O)[C@@H]4O[C@@H]4O[C@H](CO)[C@@H](O[C@@H]5O[C@H](CO)[C@H](O)[C@H](O)[C@H]5O)[C@H](O)[C@H]4NC(C)=O)[C@@H]3O)[C@H](O)[C@H]2NC(C)=O)[C@@H](CO[C@@H]2O[C@@H](C)[C@@H](O)[C@@H](O)[C@@H]2O)O[C@@H]1O. The van der Waals surface area contributed by atoms with E-state index in [0.717, 1.165) is 41.5 Å². The first-order chi connectivity index (χ1) is 70.9. The quantitative estimate of drug-likeness (QED) is 0.0272. The molecule has 12 rings (SSSR count). The smallest absolute Gasteiger partial charge is 0.217 e. The largest absolute Gasteiger partial charge is 0.394 e. The van der Waals surface area contributed by atoms with Crippen LogP contribution in [0.25, 0.3) is 0 Å². The van der Waals surface area contributed by atoms with E-state index in [1.807, 2.05) is 0 Å². The highest BCUT2D eigenvalue weighted by atomic mass is 16.8. The van der Waals surface area contributed by atoms with Gasteiger partial charge in [0, 0.05) is 41.5 Å². The van der Waals surface area contributed by atoms with E-state index in [4.69, 9.17) is 109 Å². The third-order valence-corrected chi connectivity index (χ3v) is 27.4. The van der Waals surface area contributed by atoms with Gasteiger partial charge in [0.15, 0.2) is 75.5 Å². The number of ether oxygens (including phenoxy) is 23. The first-order valence-corrected chi connectivity index (χ1v) is 48.0. The lowest BCUT2D eigenvalue weighted by molar-refractivity contribution is -0.409. The highest BCUT2D eigenvalue weighted by Gasteiger charge is 2.64. The van der Waals surface area contributed by atoms with Gasteiger partial charge in [-0.15, -0.1) is 0 Å². The van der Waals surface area contributed by atoms with Crippen molar-refractivity contribution in [2.24, 2.45) is 0 Å². The number of amides is 6. The molecule has 0 unspecified atom stereocenters. The van der Waals surface area contributed by atoms with Crippen molar-refractivity contribution in [2.75, 3.05) is 72.7 Å².